The first-order valence-electron chi connectivity index (χ1n) is 9.28. The number of primary amides is 1. The SMILES string of the molecule is Cc1cc(C)c2nc(C)cc(Nc3ccc(-c4cnc(C(N)=O)nc4)cc3)c2c1. The molecule has 2 aromatic heterocycles. The number of aryl methyl sites for hydroxylation is 3. The zero-order chi connectivity index (χ0) is 20.5. The molecule has 1 amide bonds. The second-order valence-corrected chi connectivity index (χ2v) is 7.15. The van der Waals surface area contributed by atoms with E-state index in [0.29, 0.717) is 0 Å². The first kappa shape index (κ1) is 18.6. The molecule has 0 aliphatic carbocycles. The van der Waals surface area contributed by atoms with Gasteiger partial charge in [0.2, 0.25) is 5.82 Å². The maximum atomic E-state index is 11.1. The van der Waals surface area contributed by atoms with Crippen molar-refractivity contribution in [1.82, 2.24) is 15.0 Å². The van der Waals surface area contributed by atoms with E-state index < -0.39 is 5.91 Å². The maximum Gasteiger partial charge on any atom is 0.286 e. The fourth-order valence-corrected chi connectivity index (χ4v) is 3.42. The predicted octanol–water partition coefficient (Wildman–Crippen LogP) is 4.46. The molecule has 6 nitrogen and oxygen atoms in total. The first-order chi connectivity index (χ1) is 13.9. The molecule has 0 atom stereocenters. The lowest BCUT2D eigenvalue weighted by Crippen LogP contribution is -2.14. The van der Waals surface area contributed by atoms with Gasteiger partial charge in [-0.2, -0.15) is 0 Å². The smallest absolute Gasteiger partial charge is 0.286 e. The Morgan fingerprint density at radius 2 is 1.62 bits per heavy atom. The van der Waals surface area contributed by atoms with Crippen molar-refractivity contribution >= 4 is 28.2 Å². The number of rotatable bonds is 4. The van der Waals surface area contributed by atoms with Crippen LogP contribution in [0.1, 0.15) is 27.4 Å². The second-order valence-electron chi connectivity index (χ2n) is 7.15. The van der Waals surface area contributed by atoms with Gasteiger partial charge in [-0.25, -0.2) is 9.97 Å². The fraction of sp³-hybridized carbons (Fsp3) is 0.130. The molecule has 0 bridgehead atoms. The van der Waals surface area contributed by atoms with Crippen LogP contribution in [0.4, 0.5) is 11.4 Å². The predicted molar refractivity (Wildman–Crippen MR) is 115 cm³/mol. The molecule has 0 aliphatic heterocycles. The Kier molecular flexibility index (Phi) is 4.68. The maximum absolute atomic E-state index is 11.1. The Bertz CT molecular complexity index is 1210. The molecule has 29 heavy (non-hydrogen) atoms. The highest BCUT2D eigenvalue weighted by atomic mass is 16.1. The molecule has 4 aromatic rings. The number of amides is 1. The van der Waals surface area contributed by atoms with Crippen LogP contribution < -0.4 is 11.1 Å². The van der Waals surface area contributed by atoms with E-state index in [1.54, 1.807) is 12.4 Å². The Morgan fingerprint density at radius 3 is 2.28 bits per heavy atom. The minimum absolute atomic E-state index is 0.0116. The first-order valence-corrected chi connectivity index (χ1v) is 9.28. The number of hydrogen-bond donors (Lipinski definition) is 2. The van der Waals surface area contributed by atoms with E-state index in [1.165, 1.54) is 11.1 Å². The van der Waals surface area contributed by atoms with Gasteiger partial charge >= 0.3 is 0 Å². The lowest BCUT2D eigenvalue weighted by atomic mass is 10.0. The number of anilines is 2. The van der Waals surface area contributed by atoms with E-state index in [9.17, 15) is 4.79 Å². The summed E-state index contributed by atoms with van der Waals surface area (Å²) in [4.78, 5) is 23.8. The number of benzene rings is 2. The molecule has 0 spiro atoms. The highest BCUT2D eigenvalue weighted by Gasteiger charge is 2.09. The van der Waals surface area contributed by atoms with E-state index in [-0.39, 0.29) is 5.82 Å². The largest absolute Gasteiger partial charge is 0.363 e. The summed E-state index contributed by atoms with van der Waals surface area (Å²) in [6, 6.07) is 14.3. The number of nitrogens with zero attached hydrogens (tertiary/aromatic N) is 3. The van der Waals surface area contributed by atoms with Gasteiger partial charge in [0.15, 0.2) is 0 Å². The third-order valence-corrected chi connectivity index (χ3v) is 4.75. The van der Waals surface area contributed by atoms with Gasteiger partial charge in [-0.3, -0.25) is 9.78 Å². The van der Waals surface area contributed by atoms with Gasteiger partial charge in [0.05, 0.1) is 5.52 Å². The molecule has 0 saturated heterocycles. The number of hydrogen-bond acceptors (Lipinski definition) is 5. The Balaban J connectivity index is 1.65. The highest BCUT2D eigenvalue weighted by molar-refractivity contribution is 5.95. The van der Waals surface area contributed by atoms with Crippen molar-refractivity contribution in [1.29, 1.82) is 0 Å². The minimum atomic E-state index is -0.638. The number of nitrogens with two attached hydrogens (primary N) is 1. The van der Waals surface area contributed by atoms with Crippen molar-refractivity contribution in [2.24, 2.45) is 5.73 Å². The highest BCUT2D eigenvalue weighted by Crippen LogP contribution is 2.30. The van der Waals surface area contributed by atoms with Crippen LogP contribution in [0.15, 0.2) is 54.9 Å². The van der Waals surface area contributed by atoms with Gasteiger partial charge in [-0.1, -0.05) is 23.8 Å². The minimum Gasteiger partial charge on any atom is -0.363 e. The van der Waals surface area contributed by atoms with Crippen molar-refractivity contribution in [3.63, 3.8) is 0 Å². The summed E-state index contributed by atoms with van der Waals surface area (Å²) in [5.74, 6) is -0.626. The summed E-state index contributed by atoms with van der Waals surface area (Å²) in [7, 11) is 0. The number of carbonyl (C=O) groups is 1. The van der Waals surface area contributed by atoms with Crippen molar-refractivity contribution in [2.75, 3.05) is 5.32 Å². The van der Waals surface area contributed by atoms with Crippen LogP contribution in [0.2, 0.25) is 0 Å². The van der Waals surface area contributed by atoms with Crippen molar-refractivity contribution in [2.45, 2.75) is 20.8 Å². The summed E-state index contributed by atoms with van der Waals surface area (Å²) in [5, 5.41) is 4.62. The summed E-state index contributed by atoms with van der Waals surface area (Å²) in [6.07, 6.45) is 3.20. The van der Waals surface area contributed by atoms with Crippen LogP contribution in [-0.4, -0.2) is 20.9 Å². The quantitative estimate of drug-likeness (QED) is 0.543. The van der Waals surface area contributed by atoms with E-state index >= 15 is 0 Å². The summed E-state index contributed by atoms with van der Waals surface area (Å²) in [5.41, 5.74) is 13.3. The summed E-state index contributed by atoms with van der Waals surface area (Å²) < 4.78 is 0. The van der Waals surface area contributed by atoms with E-state index in [0.717, 1.165) is 39.1 Å². The molecule has 2 aromatic carbocycles. The van der Waals surface area contributed by atoms with Crippen LogP contribution in [0.3, 0.4) is 0 Å². The van der Waals surface area contributed by atoms with Crippen LogP contribution in [0.25, 0.3) is 22.0 Å². The van der Waals surface area contributed by atoms with Crippen LogP contribution in [-0.2, 0) is 0 Å². The number of carbonyl (C=O) groups excluding carboxylic acids is 1. The molecule has 0 radical (unpaired) electrons. The average molecular weight is 383 g/mol. The summed E-state index contributed by atoms with van der Waals surface area (Å²) >= 11 is 0. The zero-order valence-electron chi connectivity index (χ0n) is 16.5. The summed E-state index contributed by atoms with van der Waals surface area (Å²) in [6.45, 7) is 6.19. The lowest BCUT2D eigenvalue weighted by molar-refractivity contribution is 0.0990. The third-order valence-electron chi connectivity index (χ3n) is 4.75. The number of nitrogens with one attached hydrogen (secondary N) is 1. The van der Waals surface area contributed by atoms with Gasteiger partial charge in [0.1, 0.15) is 0 Å². The molecule has 0 fully saturated rings. The van der Waals surface area contributed by atoms with Crippen molar-refractivity contribution in [3.8, 4) is 11.1 Å². The fourth-order valence-electron chi connectivity index (χ4n) is 3.42. The van der Waals surface area contributed by atoms with E-state index in [4.69, 9.17) is 10.7 Å². The lowest BCUT2D eigenvalue weighted by Gasteiger charge is -2.13. The monoisotopic (exact) mass is 383 g/mol. The molecule has 4 rings (SSSR count). The number of aromatic nitrogens is 3. The normalized spacial score (nSPS) is 10.9. The molecule has 2 heterocycles. The third kappa shape index (κ3) is 3.78. The van der Waals surface area contributed by atoms with Crippen molar-refractivity contribution in [3.05, 3.63) is 77.5 Å². The second kappa shape index (κ2) is 7.31. The molecule has 6 heteroatoms. The zero-order valence-corrected chi connectivity index (χ0v) is 16.5. The Morgan fingerprint density at radius 1 is 0.931 bits per heavy atom. The molecule has 3 N–H and O–H groups in total. The van der Waals surface area contributed by atoms with E-state index in [1.807, 2.05) is 31.2 Å². The van der Waals surface area contributed by atoms with E-state index in [2.05, 4.69) is 47.3 Å². The van der Waals surface area contributed by atoms with Gasteiger partial charge in [0, 0.05) is 40.4 Å². The van der Waals surface area contributed by atoms with Crippen LogP contribution in [0.5, 0.6) is 0 Å². The number of fused-ring (bicyclic) bond motifs is 1. The van der Waals surface area contributed by atoms with Gasteiger partial charge in [-0.05, 0) is 56.2 Å². The standard InChI is InChI=1S/C23H21N5O/c1-13-8-14(2)21-19(9-13)20(10-15(3)27-21)28-18-6-4-16(5-7-18)17-11-25-23(22(24)29)26-12-17/h4-12H,1-3H3,(H2,24,29)(H,27,28). The Labute approximate surface area is 168 Å². The molecule has 0 aliphatic rings. The molecule has 0 saturated carbocycles. The molecule has 144 valence electrons. The Hall–Kier alpha value is -3.80. The van der Waals surface area contributed by atoms with Crippen molar-refractivity contribution < 1.29 is 4.79 Å². The van der Waals surface area contributed by atoms with Gasteiger partial charge in [-0.15, -0.1) is 0 Å². The average Bonchev–Trinajstić information content (AvgIpc) is 2.69. The van der Waals surface area contributed by atoms with Crippen LogP contribution in [0, 0.1) is 20.8 Å². The van der Waals surface area contributed by atoms with Gasteiger partial charge in [0.25, 0.3) is 5.91 Å². The molecule has 0 unspecified atom stereocenters. The topological polar surface area (TPSA) is 93.8 Å². The van der Waals surface area contributed by atoms with Crippen LogP contribution >= 0.6 is 0 Å². The molecular weight excluding hydrogens is 362 g/mol. The number of pyridine rings is 1. The van der Waals surface area contributed by atoms with Gasteiger partial charge < -0.3 is 11.1 Å². The molecular formula is C23H21N5O.